The smallest absolute Gasteiger partial charge is 0.0902 e. The molecule has 0 aliphatic heterocycles. The van der Waals surface area contributed by atoms with E-state index < -0.39 is 5.60 Å². The van der Waals surface area contributed by atoms with Gasteiger partial charge in [0.15, 0.2) is 0 Å². The third kappa shape index (κ3) is 3.89. The van der Waals surface area contributed by atoms with E-state index in [-0.39, 0.29) is 0 Å². The molecule has 0 radical (unpaired) electrons. The molecule has 0 bridgehead atoms. The normalized spacial score (nSPS) is 24.0. The van der Waals surface area contributed by atoms with Gasteiger partial charge in [0.25, 0.3) is 0 Å². The van der Waals surface area contributed by atoms with E-state index in [1.807, 2.05) is 6.07 Å². The molecular formula is C23H30O. The van der Waals surface area contributed by atoms with Crippen molar-refractivity contribution < 1.29 is 5.11 Å². The highest BCUT2D eigenvalue weighted by Crippen LogP contribution is 2.44. The van der Waals surface area contributed by atoms with Crippen molar-refractivity contribution in [2.24, 2.45) is 5.92 Å². The van der Waals surface area contributed by atoms with E-state index in [4.69, 9.17) is 0 Å². The minimum absolute atomic E-state index is 0.659. The molecule has 1 fully saturated rings. The van der Waals surface area contributed by atoms with E-state index in [0.717, 1.165) is 37.2 Å². The van der Waals surface area contributed by atoms with E-state index in [1.54, 1.807) is 0 Å². The van der Waals surface area contributed by atoms with Crippen LogP contribution in [0.1, 0.15) is 63.9 Å². The minimum atomic E-state index is -0.659. The SMILES string of the molecule is CCCCC[C@H]1CC[C@@](O)(c2ccccc2-c2ccccc2)CC1. The van der Waals surface area contributed by atoms with Gasteiger partial charge in [-0.3, -0.25) is 0 Å². The maximum Gasteiger partial charge on any atom is 0.0902 e. The summed E-state index contributed by atoms with van der Waals surface area (Å²) in [5.41, 5.74) is 2.84. The van der Waals surface area contributed by atoms with Crippen LogP contribution >= 0.6 is 0 Å². The average molecular weight is 322 g/mol. The van der Waals surface area contributed by atoms with Gasteiger partial charge in [-0.05, 0) is 48.3 Å². The first-order chi connectivity index (χ1) is 11.7. The topological polar surface area (TPSA) is 20.2 Å². The van der Waals surface area contributed by atoms with Gasteiger partial charge in [0, 0.05) is 0 Å². The highest BCUT2D eigenvalue weighted by Gasteiger charge is 2.36. The third-order valence-electron chi connectivity index (χ3n) is 5.66. The van der Waals surface area contributed by atoms with Gasteiger partial charge < -0.3 is 5.11 Å². The molecule has 0 spiro atoms. The van der Waals surface area contributed by atoms with E-state index in [9.17, 15) is 5.11 Å². The Morgan fingerprint density at radius 3 is 2.29 bits per heavy atom. The molecule has 128 valence electrons. The largest absolute Gasteiger partial charge is 0.385 e. The van der Waals surface area contributed by atoms with Crippen LogP contribution in [-0.4, -0.2) is 5.11 Å². The summed E-state index contributed by atoms with van der Waals surface area (Å²) in [4.78, 5) is 0. The first-order valence-electron chi connectivity index (χ1n) is 9.60. The number of hydrogen-bond acceptors (Lipinski definition) is 1. The number of rotatable bonds is 6. The predicted molar refractivity (Wildman–Crippen MR) is 102 cm³/mol. The molecule has 0 atom stereocenters. The molecule has 1 aliphatic carbocycles. The van der Waals surface area contributed by atoms with Crippen molar-refractivity contribution in [3.05, 3.63) is 60.2 Å². The van der Waals surface area contributed by atoms with Gasteiger partial charge in [-0.1, -0.05) is 87.2 Å². The van der Waals surface area contributed by atoms with Crippen LogP contribution in [0.4, 0.5) is 0 Å². The van der Waals surface area contributed by atoms with Crippen LogP contribution in [0.5, 0.6) is 0 Å². The first-order valence-corrected chi connectivity index (χ1v) is 9.60. The van der Waals surface area contributed by atoms with Crippen LogP contribution in [-0.2, 0) is 5.60 Å². The molecule has 2 aromatic carbocycles. The van der Waals surface area contributed by atoms with Crippen molar-refractivity contribution in [2.75, 3.05) is 0 Å². The molecule has 1 heteroatoms. The fourth-order valence-electron chi connectivity index (χ4n) is 4.15. The lowest BCUT2D eigenvalue weighted by Gasteiger charge is -2.37. The van der Waals surface area contributed by atoms with Crippen molar-refractivity contribution in [3.63, 3.8) is 0 Å². The van der Waals surface area contributed by atoms with Crippen LogP contribution in [0.25, 0.3) is 11.1 Å². The fraction of sp³-hybridized carbons (Fsp3) is 0.478. The molecule has 1 N–H and O–H groups in total. The highest BCUT2D eigenvalue weighted by atomic mass is 16.3. The first kappa shape index (κ1) is 17.2. The van der Waals surface area contributed by atoms with Gasteiger partial charge in [0.05, 0.1) is 5.60 Å². The van der Waals surface area contributed by atoms with Crippen molar-refractivity contribution in [2.45, 2.75) is 63.9 Å². The molecule has 0 heterocycles. The molecule has 2 aromatic rings. The fourth-order valence-corrected chi connectivity index (χ4v) is 4.15. The molecule has 0 aromatic heterocycles. The summed E-state index contributed by atoms with van der Waals surface area (Å²) in [6, 6.07) is 18.9. The van der Waals surface area contributed by atoms with E-state index >= 15 is 0 Å². The lowest BCUT2D eigenvalue weighted by Crippen LogP contribution is -2.32. The van der Waals surface area contributed by atoms with E-state index in [1.165, 1.54) is 36.8 Å². The second-order valence-corrected chi connectivity index (χ2v) is 7.38. The van der Waals surface area contributed by atoms with Crippen LogP contribution < -0.4 is 0 Å². The Labute approximate surface area is 146 Å². The zero-order valence-electron chi connectivity index (χ0n) is 14.9. The minimum Gasteiger partial charge on any atom is -0.385 e. The Balaban J connectivity index is 1.75. The number of unbranched alkanes of at least 4 members (excludes halogenated alkanes) is 2. The summed E-state index contributed by atoms with van der Waals surface area (Å²) in [5.74, 6) is 0.806. The van der Waals surface area contributed by atoms with Crippen molar-refractivity contribution in [3.8, 4) is 11.1 Å². The molecule has 0 saturated heterocycles. The quantitative estimate of drug-likeness (QED) is 0.618. The van der Waals surface area contributed by atoms with Gasteiger partial charge >= 0.3 is 0 Å². The van der Waals surface area contributed by atoms with Crippen molar-refractivity contribution >= 4 is 0 Å². The summed E-state index contributed by atoms with van der Waals surface area (Å²) in [6.45, 7) is 2.26. The second-order valence-electron chi connectivity index (χ2n) is 7.38. The summed E-state index contributed by atoms with van der Waals surface area (Å²) < 4.78 is 0. The van der Waals surface area contributed by atoms with Crippen molar-refractivity contribution in [1.82, 2.24) is 0 Å². The Kier molecular flexibility index (Phi) is 5.73. The lowest BCUT2D eigenvalue weighted by atomic mass is 9.72. The zero-order chi connectivity index (χ0) is 16.8. The molecule has 1 nitrogen and oxygen atoms in total. The van der Waals surface area contributed by atoms with Crippen molar-refractivity contribution in [1.29, 1.82) is 0 Å². The number of benzene rings is 2. The Hall–Kier alpha value is -1.60. The van der Waals surface area contributed by atoms with Crippen LogP contribution in [0.15, 0.2) is 54.6 Å². The molecular weight excluding hydrogens is 292 g/mol. The monoisotopic (exact) mass is 322 g/mol. The molecule has 24 heavy (non-hydrogen) atoms. The summed E-state index contributed by atoms with van der Waals surface area (Å²) in [6.07, 6.45) is 9.43. The van der Waals surface area contributed by atoms with Gasteiger partial charge in [-0.25, -0.2) is 0 Å². The average Bonchev–Trinajstić information content (AvgIpc) is 2.64. The summed E-state index contributed by atoms with van der Waals surface area (Å²) in [5, 5.41) is 11.4. The maximum atomic E-state index is 11.4. The maximum absolute atomic E-state index is 11.4. The zero-order valence-corrected chi connectivity index (χ0v) is 14.9. The van der Waals surface area contributed by atoms with Gasteiger partial charge in [0.2, 0.25) is 0 Å². The molecule has 3 rings (SSSR count). The van der Waals surface area contributed by atoms with Crippen LogP contribution in [0.3, 0.4) is 0 Å². The number of hydrogen-bond donors (Lipinski definition) is 1. The van der Waals surface area contributed by atoms with E-state index in [2.05, 4.69) is 55.5 Å². The van der Waals surface area contributed by atoms with Gasteiger partial charge in [0.1, 0.15) is 0 Å². The Morgan fingerprint density at radius 1 is 0.917 bits per heavy atom. The molecule has 0 unspecified atom stereocenters. The second kappa shape index (κ2) is 7.98. The molecule has 1 saturated carbocycles. The third-order valence-corrected chi connectivity index (χ3v) is 5.66. The molecule has 1 aliphatic rings. The summed E-state index contributed by atoms with van der Waals surface area (Å²) >= 11 is 0. The van der Waals surface area contributed by atoms with Crippen LogP contribution in [0.2, 0.25) is 0 Å². The Bertz CT molecular complexity index is 623. The highest BCUT2D eigenvalue weighted by molar-refractivity contribution is 5.68. The summed E-state index contributed by atoms with van der Waals surface area (Å²) in [7, 11) is 0. The standard InChI is InChI=1S/C23H30O/c1-2-3-5-10-19-15-17-23(24,18-16-19)22-14-9-8-13-21(22)20-11-6-4-7-12-20/h4,6-9,11-14,19,24H,2-3,5,10,15-18H2,1H3/t19-,23-. The van der Waals surface area contributed by atoms with E-state index in [0.29, 0.717) is 0 Å². The van der Waals surface area contributed by atoms with Gasteiger partial charge in [-0.2, -0.15) is 0 Å². The number of aliphatic hydroxyl groups is 1. The predicted octanol–water partition coefficient (Wildman–Crippen LogP) is 6.31. The molecule has 0 amide bonds. The van der Waals surface area contributed by atoms with Crippen LogP contribution in [0, 0.1) is 5.92 Å². The van der Waals surface area contributed by atoms with Gasteiger partial charge in [-0.15, -0.1) is 0 Å². The Morgan fingerprint density at radius 2 is 1.58 bits per heavy atom. The lowest BCUT2D eigenvalue weighted by molar-refractivity contribution is -0.0149.